The lowest BCUT2D eigenvalue weighted by atomic mass is 10.3. The number of hydrogen-bond acceptors (Lipinski definition) is 4. The van der Waals surface area contributed by atoms with Crippen LogP contribution in [0.1, 0.15) is 19.8 Å². The Balaban J connectivity index is 2.39. The molecule has 1 N–H and O–H groups in total. The molecule has 0 unspecified atom stereocenters. The molecule has 1 rings (SSSR count). The Morgan fingerprint density at radius 3 is 2.35 bits per heavy atom. The summed E-state index contributed by atoms with van der Waals surface area (Å²) in [7, 11) is 5.15. The van der Waals surface area contributed by atoms with Crippen molar-refractivity contribution in [2.24, 2.45) is 0 Å². The largest absolute Gasteiger partial charge is 0.497 e. The summed E-state index contributed by atoms with van der Waals surface area (Å²) < 4.78 is 5.07. The minimum atomic E-state index is -0.151. The number of ether oxygens (including phenoxy) is 1. The van der Waals surface area contributed by atoms with Crippen molar-refractivity contribution in [3.8, 4) is 5.75 Å². The molecule has 0 aromatic heterocycles. The number of amides is 2. The number of hydrogen-bond donors (Lipinski definition) is 1. The first kappa shape index (κ1) is 19.0. The second-order valence-corrected chi connectivity index (χ2v) is 5.62. The van der Waals surface area contributed by atoms with Crippen molar-refractivity contribution in [3.63, 3.8) is 0 Å². The van der Waals surface area contributed by atoms with Crippen LogP contribution in [0.2, 0.25) is 0 Å². The molecule has 6 heteroatoms. The van der Waals surface area contributed by atoms with E-state index in [0.29, 0.717) is 5.69 Å². The first-order valence-electron chi connectivity index (χ1n) is 7.82. The Kier molecular flexibility index (Phi) is 8.11. The van der Waals surface area contributed by atoms with E-state index in [4.69, 9.17) is 4.74 Å². The van der Waals surface area contributed by atoms with E-state index in [1.807, 2.05) is 0 Å². The average Bonchev–Trinajstić information content (AvgIpc) is 2.52. The van der Waals surface area contributed by atoms with Crippen LogP contribution < -0.4 is 10.1 Å². The summed E-state index contributed by atoms with van der Waals surface area (Å²) in [5.74, 6) is 0.612. The lowest BCUT2D eigenvalue weighted by Gasteiger charge is -2.21. The Hall–Kier alpha value is -2.08. The number of unbranched alkanes of at least 4 members (excludes halogenated alkanes) is 1. The summed E-state index contributed by atoms with van der Waals surface area (Å²) in [6, 6.07) is 7.12. The van der Waals surface area contributed by atoms with Gasteiger partial charge >= 0.3 is 0 Å². The highest BCUT2D eigenvalue weighted by Gasteiger charge is 2.14. The summed E-state index contributed by atoms with van der Waals surface area (Å²) in [6.07, 6.45) is 2.04. The molecular formula is C17H27N3O3. The Labute approximate surface area is 138 Å². The van der Waals surface area contributed by atoms with E-state index in [-0.39, 0.29) is 24.9 Å². The normalized spacial score (nSPS) is 10.5. The van der Waals surface area contributed by atoms with Gasteiger partial charge in [-0.1, -0.05) is 13.3 Å². The van der Waals surface area contributed by atoms with Crippen molar-refractivity contribution in [1.29, 1.82) is 0 Å². The monoisotopic (exact) mass is 321 g/mol. The minimum absolute atomic E-state index is 0.0261. The first-order valence-corrected chi connectivity index (χ1v) is 7.82. The van der Waals surface area contributed by atoms with Crippen LogP contribution in [-0.4, -0.2) is 62.5 Å². The summed E-state index contributed by atoms with van der Waals surface area (Å²) in [4.78, 5) is 27.4. The number of methoxy groups -OCH3 is 1. The van der Waals surface area contributed by atoms with E-state index in [1.54, 1.807) is 55.3 Å². The van der Waals surface area contributed by atoms with Gasteiger partial charge < -0.3 is 15.0 Å². The van der Waals surface area contributed by atoms with Gasteiger partial charge in [0.2, 0.25) is 11.8 Å². The third-order valence-corrected chi connectivity index (χ3v) is 3.47. The van der Waals surface area contributed by atoms with Crippen molar-refractivity contribution in [2.75, 3.05) is 46.2 Å². The molecule has 1 aromatic carbocycles. The number of rotatable bonds is 9. The molecule has 0 aliphatic rings. The third-order valence-electron chi connectivity index (χ3n) is 3.47. The smallest absolute Gasteiger partial charge is 0.238 e. The molecule has 0 fully saturated rings. The third kappa shape index (κ3) is 7.15. The fraction of sp³-hybridized carbons (Fsp3) is 0.529. The molecule has 0 aliphatic heterocycles. The number of carbonyl (C=O) groups is 2. The number of nitrogens with zero attached hydrogens (tertiary/aromatic N) is 2. The fourth-order valence-electron chi connectivity index (χ4n) is 2.05. The molecule has 0 saturated carbocycles. The molecule has 0 saturated heterocycles. The lowest BCUT2D eigenvalue weighted by molar-refractivity contribution is -0.131. The Bertz CT molecular complexity index is 502. The van der Waals surface area contributed by atoms with Crippen LogP contribution in [0.3, 0.4) is 0 Å². The molecule has 23 heavy (non-hydrogen) atoms. The maximum atomic E-state index is 12.0. The van der Waals surface area contributed by atoms with Crippen LogP contribution in [-0.2, 0) is 9.59 Å². The van der Waals surface area contributed by atoms with Gasteiger partial charge in [0.05, 0.1) is 20.2 Å². The molecule has 2 amide bonds. The predicted octanol–water partition coefficient (Wildman–Crippen LogP) is 1.82. The average molecular weight is 321 g/mol. The predicted molar refractivity (Wildman–Crippen MR) is 91.7 cm³/mol. The van der Waals surface area contributed by atoms with Gasteiger partial charge in [0.15, 0.2) is 0 Å². The zero-order chi connectivity index (χ0) is 17.2. The summed E-state index contributed by atoms with van der Waals surface area (Å²) in [6.45, 7) is 3.24. The van der Waals surface area contributed by atoms with Crippen LogP contribution in [0.15, 0.2) is 24.3 Å². The molecule has 0 atom stereocenters. The number of benzene rings is 1. The van der Waals surface area contributed by atoms with Crippen LogP contribution in [0.25, 0.3) is 0 Å². The van der Waals surface area contributed by atoms with E-state index >= 15 is 0 Å². The van der Waals surface area contributed by atoms with Crippen molar-refractivity contribution in [2.45, 2.75) is 19.8 Å². The molecule has 0 radical (unpaired) electrons. The van der Waals surface area contributed by atoms with Crippen molar-refractivity contribution in [3.05, 3.63) is 24.3 Å². The number of carbonyl (C=O) groups excluding carboxylic acids is 2. The first-order chi connectivity index (χ1) is 11.0. The second-order valence-electron chi connectivity index (χ2n) is 5.62. The Morgan fingerprint density at radius 1 is 1.13 bits per heavy atom. The molecular weight excluding hydrogens is 294 g/mol. The van der Waals surface area contributed by atoms with Crippen molar-refractivity contribution in [1.82, 2.24) is 9.80 Å². The van der Waals surface area contributed by atoms with E-state index in [1.165, 1.54) is 0 Å². The Morgan fingerprint density at radius 2 is 1.78 bits per heavy atom. The molecule has 0 heterocycles. The van der Waals surface area contributed by atoms with Gasteiger partial charge in [-0.05, 0) is 37.7 Å². The van der Waals surface area contributed by atoms with Crippen LogP contribution in [0, 0.1) is 0 Å². The van der Waals surface area contributed by atoms with Crippen molar-refractivity contribution < 1.29 is 14.3 Å². The lowest BCUT2D eigenvalue weighted by Crippen LogP contribution is -2.40. The molecule has 0 aliphatic carbocycles. The highest BCUT2D eigenvalue weighted by Crippen LogP contribution is 2.14. The van der Waals surface area contributed by atoms with E-state index in [2.05, 4.69) is 12.2 Å². The second kappa shape index (κ2) is 9.84. The van der Waals surface area contributed by atoms with Crippen molar-refractivity contribution >= 4 is 17.5 Å². The molecule has 0 bridgehead atoms. The quantitative estimate of drug-likeness (QED) is 0.754. The topological polar surface area (TPSA) is 61.9 Å². The van der Waals surface area contributed by atoms with E-state index < -0.39 is 0 Å². The minimum Gasteiger partial charge on any atom is -0.497 e. The van der Waals surface area contributed by atoms with E-state index in [9.17, 15) is 9.59 Å². The van der Waals surface area contributed by atoms with Gasteiger partial charge in [0, 0.05) is 19.3 Å². The fourth-order valence-corrected chi connectivity index (χ4v) is 2.05. The molecule has 128 valence electrons. The van der Waals surface area contributed by atoms with Gasteiger partial charge in [-0.2, -0.15) is 0 Å². The summed E-state index contributed by atoms with van der Waals surface area (Å²) >= 11 is 0. The highest BCUT2D eigenvalue weighted by molar-refractivity contribution is 5.92. The SMILES string of the molecule is CCCCN(C)C(=O)CN(C)CC(=O)Nc1ccc(OC)cc1. The van der Waals surface area contributed by atoms with E-state index in [0.717, 1.165) is 25.1 Å². The summed E-state index contributed by atoms with van der Waals surface area (Å²) in [5, 5.41) is 2.80. The maximum absolute atomic E-state index is 12.0. The molecule has 6 nitrogen and oxygen atoms in total. The number of anilines is 1. The van der Waals surface area contributed by atoms with Gasteiger partial charge in [0.25, 0.3) is 0 Å². The van der Waals surface area contributed by atoms with Crippen LogP contribution in [0.5, 0.6) is 5.75 Å². The van der Waals surface area contributed by atoms with Crippen LogP contribution in [0.4, 0.5) is 5.69 Å². The summed E-state index contributed by atoms with van der Waals surface area (Å²) in [5.41, 5.74) is 0.704. The van der Waals surface area contributed by atoms with Gasteiger partial charge in [0.1, 0.15) is 5.75 Å². The van der Waals surface area contributed by atoms with Gasteiger partial charge in [-0.3, -0.25) is 14.5 Å². The van der Waals surface area contributed by atoms with Gasteiger partial charge in [-0.15, -0.1) is 0 Å². The van der Waals surface area contributed by atoms with Crippen LogP contribution >= 0.6 is 0 Å². The highest BCUT2D eigenvalue weighted by atomic mass is 16.5. The number of likely N-dealkylation sites (N-methyl/N-ethyl adjacent to an activating group) is 2. The standard InChI is InChI=1S/C17H27N3O3/c1-5-6-11-20(3)17(22)13-19(2)12-16(21)18-14-7-9-15(23-4)10-8-14/h7-10H,5-6,11-13H2,1-4H3,(H,18,21). The molecule has 1 aromatic rings. The zero-order valence-electron chi connectivity index (χ0n) is 14.5. The van der Waals surface area contributed by atoms with Gasteiger partial charge in [-0.25, -0.2) is 0 Å². The number of nitrogens with one attached hydrogen (secondary N) is 1. The zero-order valence-corrected chi connectivity index (χ0v) is 14.5. The molecule has 0 spiro atoms. The maximum Gasteiger partial charge on any atom is 0.238 e.